The summed E-state index contributed by atoms with van der Waals surface area (Å²) in [5.41, 5.74) is 1.40. The maximum atomic E-state index is 12.5. The third-order valence-electron chi connectivity index (χ3n) is 4.23. The van der Waals surface area contributed by atoms with Gasteiger partial charge in [-0.25, -0.2) is 0 Å². The number of hydrogen-bond acceptors (Lipinski definition) is 4. The molecule has 0 radical (unpaired) electrons. The van der Waals surface area contributed by atoms with Crippen molar-refractivity contribution in [1.82, 2.24) is 9.88 Å². The van der Waals surface area contributed by atoms with Crippen molar-refractivity contribution in [3.05, 3.63) is 63.1 Å². The standard InChI is InChI=1S/C21H24N4O3/c1-13(2)11-23-20(27)16-7-5-6-8-18(16)24-19(26)12-25-15(4)9-14(3)17(10-22)21(25)28/h5-9,13H,11-12H2,1-4H3,(H,23,27)(H,24,26). The van der Waals surface area contributed by atoms with E-state index in [1.165, 1.54) is 4.57 Å². The fourth-order valence-electron chi connectivity index (χ4n) is 2.78. The molecule has 0 unspecified atom stereocenters. The van der Waals surface area contributed by atoms with E-state index in [0.29, 0.717) is 35.0 Å². The minimum absolute atomic E-state index is 0.0202. The molecule has 2 aromatic rings. The number of hydrogen-bond donors (Lipinski definition) is 2. The second-order valence-corrected chi connectivity index (χ2v) is 7.04. The number of benzene rings is 1. The molecule has 7 heteroatoms. The van der Waals surface area contributed by atoms with E-state index in [1.807, 2.05) is 19.9 Å². The van der Waals surface area contributed by atoms with Gasteiger partial charge in [0.15, 0.2) is 0 Å². The Balaban J connectivity index is 2.23. The van der Waals surface area contributed by atoms with Crippen LogP contribution >= 0.6 is 0 Å². The fourth-order valence-corrected chi connectivity index (χ4v) is 2.78. The Labute approximate surface area is 164 Å². The molecule has 0 aliphatic carbocycles. The van der Waals surface area contributed by atoms with Crippen molar-refractivity contribution in [2.24, 2.45) is 5.92 Å². The summed E-state index contributed by atoms with van der Waals surface area (Å²) < 4.78 is 1.25. The van der Waals surface area contributed by atoms with Crippen LogP contribution in [0, 0.1) is 31.1 Å². The van der Waals surface area contributed by atoms with Gasteiger partial charge in [-0.05, 0) is 43.5 Å². The first-order valence-electron chi connectivity index (χ1n) is 9.02. The van der Waals surface area contributed by atoms with Gasteiger partial charge in [-0.15, -0.1) is 0 Å². The molecule has 0 aliphatic rings. The average molecular weight is 380 g/mol. The number of rotatable bonds is 6. The van der Waals surface area contributed by atoms with E-state index in [0.717, 1.165) is 0 Å². The summed E-state index contributed by atoms with van der Waals surface area (Å²) in [5.74, 6) is -0.432. The van der Waals surface area contributed by atoms with Crippen LogP contribution in [0.25, 0.3) is 0 Å². The van der Waals surface area contributed by atoms with Crippen LogP contribution in [0.3, 0.4) is 0 Å². The van der Waals surface area contributed by atoms with E-state index in [2.05, 4.69) is 10.6 Å². The Morgan fingerprint density at radius 1 is 1.21 bits per heavy atom. The number of pyridine rings is 1. The highest BCUT2D eigenvalue weighted by Crippen LogP contribution is 2.15. The van der Waals surface area contributed by atoms with E-state index in [4.69, 9.17) is 5.26 Å². The first kappa shape index (κ1) is 20.9. The number of carbonyl (C=O) groups excluding carboxylic acids is 2. The zero-order valence-electron chi connectivity index (χ0n) is 16.5. The quantitative estimate of drug-likeness (QED) is 0.803. The van der Waals surface area contributed by atoms with Gasteiger partial charge in [0.05, 0.1) is 11.3 Å². The Hall–Kier alpha value is -3.40. The lowest BCUT2D eigenvalue weighted by Gasteiger charge is -2.14. The number of nitrogens with one attached hydrogen (secondary N) is 2. The number of aromatic nitrogens is 1. The van der Waals surface area contributed by atoms with E-state index < -0.39 is 11.5 Å². The smallest absolute Gasteiger partial charge is 0.269 e. The first-order valence-corrected chi connectivity index (χ1v) is 9.02. The molecule has 1 heterocycles. The SMILES string of the molecule is Cc1cc(C)n(CC(=O)Nc2ccccc2C(=O)NCC(C)C)c(=O)c1C#N. The molecule has 1 aromatic carbocycles. The highest BCUT2D eigenvalue weighted by molar-refractivity contribution is 6.03. The lowest BCUT2D eigenvalue weighted by Crippen LogP contribution is -2.32. The zero-order valence-corrected chi connectivity index (χ0v) is 16.5. The minimum atomic E-state index is -0.502. The maximum absolute atomic E-state index is 12.5. The summed E-state index contributed by atoms with van der Waals surface area (Å²) in [7, 11) is 0. The summed E-state index contributed by atoms with van der Waals surface area (Å²) in [4.78, 5) is 37.4. The molecule has 0 bridgehead atoms. The van der Waals surface area contributed by atoms with Crippen LogP contribution in [-0.4, -0.2) is 22.9 Å². The molecule has 0 saturated carbocycles. The molecule has 0 aliphatic heterocycles. The van der Waals surface area contributed by atoms with Gasteiger partial charge < -0.3 is 15.2 Å². The van der Waals surface area contributed by atoms with Crippen molar-refractivity contribution >= 4 is 17.5 Å². The van der Waals surface area contributed by atoms with Gasteiger partial charge in [-0.1, -0.05) is 26.0 Å². The van der Waals surface area contributed by atoms with Crippen LogP contribution in [0.1, 0.15) is 41.0 Å². The largest absolute Gasteiger partial charge is 0.352 e. The van der Waals surface area contributed by atoms with Crippen LogP contribution < -0.4 is 16.2 Å². The van der Waals surface area contributed by atoms with Gasteiger partial charge in [0, 0.05) is 12.2 Å². The summed E-state index contributed by atoms with van der Waals surface area (Å²) >= 11 is 0. The minimum Gasteiger partial charge on any atom is -0.352 e. The second-order valence-electron chi connectivity index (χ2n) is 7.04. The van der Waals surface area contributed by atoms with Crippen molar-refractivity contribution in [3.63, 3.8) is 0 Å². The van der Waals surface area contributed by atoms with Crippen molar-refractivity contribution in [3.8, 4) is 6.07 Å². The molecule has 0 atom stereocenters. The molecule has 2 N–H and O–H groups in total. The average Bonchev–Trinajstić information content (AvgIpc) is 2.63. The molecule has 2 amide bonds. The van der Waals surface area contributed by atoms with Gasteiger partial charge in [0.2, 0.25) is 5.91 Å². The molecule has 7 nitrogen and oxygen atoms in total. The van der Waals surface area contributed by atoms with Gasteiger partial charge in [0.1, 0.15) is 18.2 Å². The molecule has 0 saturated heterocycles. The molecular formula is C21H24N4O3. The Morgan fingerprint density at radius 2 is 1.89 bits per heavy atom. The molecule has 0 spiro atoms. The van der Waals surface area contributed by atoms with Gasteiger partial charge in [-0.3, -0.25) is 14.4 Å². The van der Waals surface area contributed by atoms with Gasteiger partial charge in [-0.2, -0.15) is 5.26 Å². The van der Waals surface area contributed by atoms with Crippen LogP contribution in [-0.2, 0) is 11.3 Å². The van der Waals surface area contributed by atoms with Crippen molar-refractivity contribution in [2.45, 2.75) is 34.2 Å². The third kappa shape index (κ3) is 4.86. The molecular weight excluding hydrogens is 356 g/mol. The molecule has 1 aromatic heterocycles. The third-order valence-corrected chi connectivity index (χ3v) is 4.23. The highest BCUT2D eigenvalue weighted by Gasteiger charge is 2.16. The van der Waals surface area contributed by atoms with Crippen LogP contribution in [0.5, 0.6) is 0 Å². The zero-order chi connectivity index (χ0) is 20.8. The van der Waals surface area contributed by atoms with Crippen molar-refractivity contribution in [2.75, 3.05) is 11.9 Å². The first-order chi connectivity index (χ1) is 13.2. The van der Waals surface area contributed by atoms with Crippen LogP contribution in [0.2, 0.25) is 0 Å². The van der Waals surface area contributed by atoms with Gasteiger partial charge >= 0.3 is 0 Å². The number of anilines is 1. The van der Waals surface area contributed by atoms with Crippen LogP contribution in [0.15, 0.2) is 35.1 Å². The lowest BCUT2D eigenvalue weighted by molar-refractivity contribution is -0.116. The number of nitriles is 1. The van der Waals surface area contributed by atoms with E-state index in [1.54, 1.807) is 44.2 Å². The Morgan fingerprint density at radius 3 is 2.54 bits per heavy atom. The summed E-state index contributed by atoms with van der Waals surface area (Å²) in [6.45, 7) is 7.65. The predicted molar refractivity (Wildman–Crippen MR) is 107 cm³/mol. The summed E-state index contributed by atoms with van der Waals surface area (Å²) in [6, 6.07) is 10.3. The number of amides is 2. The number of nitrogens with zero attached hydrogens (tertiary/aromatic N) is 2. The topological polar surface area (TPSA) is 104 Å². The molecule has 146 valence electrons. The highest BCUT2D eigenvalue weighted by atomic mass is 16.2. The molecule has 2 rings (SSSR count). The Kier molecular flexibility index (Phi) is 6.72. The van der Waals surface area contributed by atoms with Crippen LogP contribution in [0.4, 0.5) is 5.69 Å². The van der Waals surface area contributed by atoms with E-state index >= 15 is 0 Å². The maximum Gasteiger partial charge on any atom is 0.269 e. The molecule has 28 heavy (non-hydrogen) atoms. The molecule has 0 fully saturated rings. The van der Waals surface area contributed by atoms with E-state index in [9.17, 15) is 14.4 Å². The van der Waals surface area contributed by atoms with E-state index in [-0.39, 0.29) is 18.0 Å². The number of aryl methyl sites for hydroxylation is 2. The lowest BCUT2D eigenvalue weighted by atomic mass is 10.1. The summed E-state index contributed by atoms with van der Waals surface area (Å²) in [5, 5.41) is 14.7. The van der Waals surface area contributed by atoms with Crippen molar-refractivity contribution in [1.29, 1.82) is 5.26 Å². The fraction of sp³-hybridized carbons (Fsp3) is 0.333. The number of para-hydroxylation sites is 1. The normalized spacial score (nSPS) is 10.4. The van der Waals surface area contributed by atoms with Gasteiger partial charge in [0.25, 0.3) is 11.5 Å². The monoisotopic (exact) mass is 380 g/mol. The number of carbonyl (C=O) groups is 2. The second kappa shape index (κ2) is 9.00. The Bertz CT molecular complexity index is 1000. The summed E-state index contributed by atoms with van der Waals surface area (Å²) in [6.07, 6.45) is 0. The predicted octanol–water partition coefficient (Wildman–Crippen LogP) is 2.36. The van der Waals surface area contributed by atoms with Crippen molar-refractivity contribution < 1.29 is 9.59 Å².